The zero-order valence-electron chi connectivity index (χ0n) is 11.2. The van der Waals surface area contributed by atoms with E-state index in [1.807, 2.05) is 6.92 Å². The lowest BCUT2D eigenvalue weighted by Crippen LogP contribution is -2.40. The summed E-state index contributed by atoms with van der Waals surface area (Å²) in [5.41, 5.74) is 0. The van der Waals surface area contributed by atoms with E-state index in [1.165, 1.54) is 0 Å². The number of carbonyl (C=O) groups excluding carboxylic acids is 1. The van der Waals surface area contributed by atoms with Gasteiger partial charge in [-0.05, 0) is 12.3 Å². The molecule has 0 spiro atoms. The van der Waals surface area contributed by atoms with Gasteiger partial charge in [0.15, 0.2) is 6.10 Å². The molecule has 0 radical (unpaired) electrons. The van der Waals surface area contributed by atoms with Crippen molar-refractivity contribution in [3.05, 3.63) is 0 Å². The average Bonchev–Trinajstić information content (AvgIpc) is 2.27. The summed E-state index contributed by atoms with van der Waals surface area (Å²) >= 11 is 0. The normalized spacial score (nSPS) is 12.9. The highest BCUT2D eigenvalue weighted by atomic mass is 16.7. The Hall–Kier alpha value is -1.67. The zero-order valence-corrected chi connectivity index (χ0v) is 11.2. The highest BCUT2D eigenvalue weighted by Gasteiger charge is 2.35. The first kappa shape index (κ1) is 19.7. The summed E-state index contributed by atoms with van der Waals surface area (Å²) in [6, 6.07) is 0. The van der Waals surface area contributed by atoms with Crippen LogP contribution in [0.1, 0.15) is 33.6 Å². The number of aliphatic hydroxyl groups is 1. The summed E-state index contributed by atoms with van der Waals surface area (Å²) < 4.78 is 0. The molecule has 0 saturated carbocycles. The van der Waals surface area contributed by atoms with Gasteiger partial charge in [-0.25, -0.2) is 4.79 Å². The molecule has 8 nitrogen and oxygen atoms in total. The van der Waals surface area contributed by atoms with Crippen LogP contribution >= 0.6 is 0 Å². The Bertz CT molecular complexity index is 303. The van der Waals surface area contributed by atoms with Crippen LogP contribution in [0.15, 0.2) is 0 Å². The van der Waals surface area contributed by atoms with E-state index in [9.17, 15) is 19.5 Å². The van der Waals surface area contributed by atoms with Crippen molar-refractivity contribution >= 4 is 17.9 Å². The Morgan fingerprint density at radius 2 is 1.68 bits per heavy atom. The average molecular weight is 279 g/mol. The van der Waals surface area contributed by atoms with Crippen LogP contribution < -0.4 is 5.90 Å². The van der Waals surface area contributed by atoms with E-state index in [1.54, 1.807) is 13.8 Å². The van der Waals surface area contributed by atoms with Crippen LogP contribution in [0.3, 0.4) is 0 Å². The summed E-state index contributed by atoms with van der Waals surface area (Å²) in [4.78, 5) is 34.6. The molecule has 112 valence electrons. The number of nitrogens with two attached hydrogens (primary N) is 1. The molecule has 0 fully saturated rings. The minimum atomic E-state index is -1.72. The molecule has 0 aromatic heterocycles. The molecule has 2 atom stereocenters. The highest BCUT2D eigenvalue weighted by molar-refractivity contribution is 5.82. The van der Waals surface area contributed by atoms with Gasteiger partial charge < -0.3 is 20.2 Å². The largest absolute Gasteiger partial charge is 0.481 e. The van der Waals surface area contributed by atoms with Crippen molar-refractivity contribution in [1.29, 1.82) is 0 Å². The van der Waals surface area contributed by atoms with Gasteiger partial charge >= 0.3 is 17.9 Å². The number of hydrogen-bond acceptors (Lipinski definition) is 6. The molecule has 0 heterocycles. The predicted molar refractivity (Wildman–Crippen MR) is 64.8 cm³/mol. The fourth-order valence-corrected chi connectivity index (χ4v) is 1.21. The molecule has 0 saturated heterocycles. The molecule has 0 aromatic carbocycles. The van der Waals surface area contributed by atoms with Gasteiger partial charge in [0.1, 0.15) is 0 Å². The molecular formula is C11H21NO7. The van der Waals surface area contributed by atoms with E-state index < -0.39 is 29.9 Å². The molecule has 0 amide bonds. The van der Waals surface area contributed by atoms with Crippen molar-refractivity contribution in [2.75, 3.05) is 0 Å². The van der Waals surface area contributed by atoms with Gasteiger partial charge in [-0.1, -0.05) is 20.8 Å². The number of aliphatic hydroxyl groups excluding tert-OH is 1. The number of carboxylic acid groups (broad SMARTS) is 2. The maximum Gasteiger partial charge on any atom is 0.354 e. The smallest absolute Gasteiger partial charge is 0.354 e. The molecular weight excluding hydrogens is 258 g/mol. The molecule has 0 aliphatic carbocycles. The van der Waals surface area contributed by atoms with Gasteiger partial charge in [-0.2, -0.15) is 5.90 Å². The first-order chi connectivity index (χ1) is 8.68. The monoisotopic (exact) mass is 279 g/mol. The molecule has 19 heavy (non-hydrogen) atoms. The van der Waals surface area contributed by atoms with E-state index in [0.29, 0.717) is 6.42 Å². The second kappa shape index (κ2) is 10.3. The lowest BCUT2D eigenvalue weighted by molar-refractivity contribution is -0.166. The van der Waals surface area contributed by atoms with Crippen LogP contribution in [0, 0.1) is 11.8 Å². The van der Waals surface area contributed by atoms with Gasteiger partial charge in [0.25, 0.3) is 0 Å². The Morgan fingerprint density at radius 3 is 1.84 bits per heavy atom. The Balaban J connectivity index is 0. The fourth-order valence-electron chi connectivity index (χ4n) is 1.21. The van der Waals surface area contributed by atoms with Crippen LogP contribution in [0.2, 0.25) is 0 Å². The second-order valence-electron chi connectivity index (χ2n) is 4.13. The quantitative estimate of drug-likeness (QED) is 0.496. The summed E-state index contributed by atoms with van der Waals surface area (Å²) in [7, 11) is 0. The van der Waals surface area contributed by atoms with Crippen LogP contribution in [0.4, 0.5) is 0 Å². The minimum Gasteiger partial charge on any atom is -0.481 e. The van der Waals surface area contributed by atoms with E-state index in [2.05, 4.69) is 10.7 Å². The van der Waals surface area contributed by atoms with Gasteiger partial charge in [0, 0.05) is 6.42 Å². The van der Waals surface area contributed by atoms with Gasteiger partial charge in [0.05, 0.1) is 5.92 Å². The molecule has 0 aliphatic rings. The van der Waals surface area contributed by atoms with Crippen LogP contribution in [-0.2, 0) is 19.2 Å². The van der Waals surface area contributed by atoms with Gasteiger partial charge in [-0.15, -0.1) is 0 Å². The Morgan fingerprint density at radius 1 is 1.21 bits per heavy atom. The second-order valence-corrected chi connectivity index (χ2v) is 4.13. The lowest BCUT2D eigenvalue weighted by atomic mass is 9.90. The number of hydrogen-bond donors (Lipinski definition) is 4. The van der Waals surface area contributed by atoms with E-state index in [-0.39, 0.29) is 5.92 Å². The van der Waals surface area contributed by atoms with Crippen molar-refractivity contribution in [3.8, 4) is 0 Å². The zero-order chi connectivity index (χ0) is 15.6. The van der Waals surface area contributed by atoms with Crippen molar-refractivity contribution in [3.63, 3.8) is 0 Å². The lowest BCUT2D eigenvalue weighted by Gasteiger charge is -2.19. The SMILES string of the molecule is CC(C)C(C(=O)O)C(O)C(=O)ON.CCCC(=O)O. The van der Waals surface area contributed by atoms with E-state index >= 15 is 0 Å². The first-order valence-electron chi connectivity index (χ1n) is 5.72. The third-order valence-electron chi connectivity index (χ3n) is 2.17. The summed E-state index contributed by atoms with van der Waals surface area (Å²) in [6.45, 7) is 4.99. The van der Waals surface area contributed by atoms with Gasteiger partial charge in [-0.3, -0.25) is 9.59 Å². The minimum absolute atomic E-state index is 0.292. The Kier molecular flexibility index (Phi) is 10.6. The maximum absolute atomic E-state index is 10.7. The number of carboxylic acids is 2. The number of rotatable bonds is 6. The topological polar surface area (TPSA) is 147 Å². The van der Waals surface area contributed by atoms with Crippen molar-refractivity contribution in [2.45, 2.75) is 39.7 Å². The predicted octanol–water partition coefficient (Wildman–Crippen LogP) is -0.00790. The third kappa shape index (κ3) is 8.97. The number of carbonyl (C=O) groups is 3. The van der Waals surface area contributed by atoms with Crippen molar-refractivity contribution < 1.29 is 34.5 Å². The van der Waals surface area contributed by atoms with E-state index in [0.717, 1.165) is 6.42 Å². The van der Waals surface area contributed by atoms with Crippen molar-refractivity contribution in [2.24, 2.45) is 17.7 Å². The highest BCUT2D eigenvalue weighted by Crippen LogP contribution is 2.16. The number of aliphatic carboxylic acids is 2. The molecule has 8 heteroatoms. The summed E-state index contributed by atoms with van der Waals surface area (Å²) in [6.07, 6.45) is -0.697. The fraction of sp³-hybridized carbons (Fsp3) is 0.727. The molecule has 0 bridgehead atoms. The van der Waals surface area contributed by atoms with Crippen LogP contribution in [0.25, 0.3) is 0 Å². The standard InChI is InChI=1S/C7H13NO5.C4H8O2/c1-3(2)4(6(10)11)5(9)7(12)13-8;1-2-3-4(5)6/h3-5,9H,8H2,1-2H3,(H,10,11);2-3H2,1H3,(H,5,6). The first-order valence-corrected chi connectivity index (χ1v) is 5.72. The van der Waals surface area contributed by atoms with Crippen LogP contribution in [0.5, 0.6) is 0 Å². The Labute approximate surface area is 111 Å². The molecule has 0 aliphatic heterocycles. The molecule has 2 unspecified atom stereocenters. The van der Waals surface area contributed by atoms with Crippen LogP contribution in [-0.4, -0.2) is 39.3 Å². The molecule has 5 N–H and O–H groups in total. The summed E-state index contributed by atoms with van der Waals surface area (Å²) in [5.74, 6) is -0.177. The van der Waals surface area contributed by atoms with E-state index in [4.69, 9.17) is 10.2 Å². The maximum atomic E-state index is 10.7. The van der Waals surface area contributed by atoms with Gasteiger partial charge in [0.2, 0.25) is 0 Å². The molecule has 0 rings (SSSR count). The summed E-state index contributed by atoms with van der Waals surface area (Å²) in [5, 5.41) is 25.7. The van der Waals surface area contributed by atoms with Crippen molar-refractivity contribution in [1.82, 2.24) is 0 Å². The third-order valence-corrected chi connectivity index (χ3v) is 2.17. The molecule has 0 aromatic rings.